The smallest absolute Gasteiger partial charge is 0.0149 e. The number of rotatable bonds is 5. The van der Waals surface area contributed by atoms with Crippen LogP contribution in [0.3, 0.4) is 0 Å². The highest BCUT2D eigenvalue weighted by atomic mass is 14.2. The van der Waals surface area contributed by atoms with Gasteiger partial charge in [-0.2, -0.15) is 0 Å². The van der Waals surface area contributed by atoms with Gasteiger partial charge in [0.1, 0.15) is 0 Å². The van der Waals surface area contributed by atoms with Crippen molar-refractivity contribution in [3.05, 3.63) is 107 Å². The second-order valence-electron chi connectivity index (χ2n) is 8.18. The van der Waals surface area contributed by atoms with E-state index in [1.807, 2.05) is 0 Å². The van der Waals surface area contributed by atoms with Crippen LogP contribution in [0.1, 0.15) is 36.1 Å². The lowest BCUT2D eigenvalue weighted by atomic mass is 9.89. The summed E-state index contributed by atoms with van der Waals surface area (Å²) in [4.78, 5) is 0. The average Bonchev–Trinajstić information content (AvgIpc) is 2.79. The molecule has 0 heterocycles. The molecule has 150 valence electrons. The van der Waals surface area contributed by atoms with Gasteiger partial charge in [0, 0.05) is 0 Å². The van der Waals surface area contributed by atoms with Crippen molar-refractivity contribution in [1.29, 1.82) is 0 Å². The highest BCUT2D eigenvalue weighted by Gasteiger charge is 2.11. The zero-order valence-corrected chi connectivity index (χ0v) is 18.5. The molecule has 0 aliphatic heterocycles. The van der Waals surface area contributed by atoms with E-state index in [0.717, 1.165) is 12.8 Å². The lowest BCUT2D eigenvalue weighted by molar-refractivity contribution is 1.12. The Morgan fingerprint density at radius 2 is 0.767 bits per heavy atom. The molecular formula is C30H30. The molecule has 0 amide bonds. The van der Waals surface area contributed by atoms with Gasteiger partial charge in [-0.05, 0) is 71.2 Å². The third kappa shape index (κ3) is 4.09. The van der Waals surface area contributed by atoms with Crippen LogP contribution in [0, 0.1) is 13.8 Å². The summed E-state index contributed by atoms with van der Waals surface area (Å²) in [6, 6.07) is 31.5. The van der Waals surface area contributed by atoms with E-state index in [9.17, 15) is 0 Å². The van der Waals surface area contributed by atoms with E-state index in [2.05, 4.69) is 113 Å². The summed E-state index contributed by atoms with van der Waals surface area (Å²) in [5, 5.41) is 0. The second kappa shape index (κ2) is 8.71. The Balaban J connectivity index is 1.75. The molecule has 0 aromatic heterocycles. The first kappa shape index (κ1) is 20.2. The Bertz CT molecular complexity index is 1050. The predicted octanol–water partition coefficient (Wildman–Crippen LogP) is 8.43. The maximum absolute atomic E-state index is 2.37. The lowest BCUT2D eigenvalue weighted by Crippen LogP contribution is -1.94. The molecule has 0 N–H and O–H groups in total. The molecule has 30 heavy (non-hydrogen) atoms. The molecule has 0 atom stereocenters. The van der Waals surface area contributed by atoms with Crippen molar-refractivity contribution < 1.29 is 0 Å². The minimum Gasteiger partial charge on any atom is -0.0613 e. The van der Waals surface area contributed by atoms with Gasteiger partial charge in [0.05, 0.1) is 0 Å². The van der Waals surface area contributed by atoms with Gasteiger partial charge in [0.25, 0.3) is 0 Å². The first-order valence-electron chi connectivity index (χ1n) is 11.0. The van der Waals surface area contributed by atoms with Gasteiger partial charge < -0.3 is 0 Å². The fourth-order valence-corrected chi connectivity index (χ4v) is 4.15. The van der Waals surface area contributed by atoms with Gasteiger partial charge in [-0.1, -0.05) is 110 Å². The van der Waals surface area contributed by atoms with Crippen LogP contribution in [-0.4, -0.2) is 0 Å². The summed E-state index contributed by atoms with van der Waals surface area (Å²) in [7, 11) is 0. The zero-order valence-electron chi connectivity index (χ0n) is 18.5. The quantitative estimate of drug-likeness (QED) is 0.321. The highest BCUT2D eigenvalue weighted by Crippen LogP contribution is 2.34. The monoisotopic (exact) mass is 390 g/mol. The Morgan fingerprint density at radius 3 is 1.10 bits per heavy atom. The molecule has 0 radical (unpaired) electrons. The average molecular weight is 391 g/mol. The van der Waals surface area contributed by atoms with Gasteiger partial charge in [-0.25, -0.2) is 0 Å². The van der Waals surface area contributed by atoms with E-state index in [0.29, 0.717) is 0 Å². The molecule has 0 aliphatic rings. The Kier molecular flexibility index (Phi) is 5.86. The van der Waals surface area contributed by atoms with Crippen LogP contribution in [-0.2, 0) is 12.8 Å². The van der Waals surface area contributed by atoms with E-state index < -0.39 is 0 Å². The maximum Gasteiger partial charge on any atom is -0.0149 e. The van der Waals surface area contributed by atoms with Crippen molar-refractivity contribution in [3.8, 4) is 33.4 Å². The fourth-order valence-electron chi connectivity index (χ4n) is 4.15. The summed E-state index contributed by atoms with van der Waals surface area (Å²) in [5.41, 5.74) is 13.3. The largest absolute Gasteiger partial charge is 0.0613 e. The predicted molar refractivity (Wildman–Crippen MR) is 131 cm³/mol. The molecule has 4 aromatic carbocycles. The van der Waals surface area contributed by atoms with Crippen molar-refractivity contribution in [3.63, 3.8) is 0 Å². The van der Waals surface area contributed by atoms with Crippen molar-refractivity contribution in [2.45, 2.75) is 40.5 Å². The van der Waals surface area contributed by atoms with Crippen molar-refractivity contribution in [2.75, 3.05) is 0 Å². The van der Waals surface area contributed by atoms with Gasteiger partial charge >= 0.3 is 0 Å². The van der Waals surface area contributed by atoms with Gasteiger partial charge in [-0.15, -0.1) is 0 Å². The van der Waals surface area contributed by atoms with E-state index in [1.54, 1.807) is 0 Å². The fraction of sp³-hybridized carbons (Fsp3) is 0.200. The standard InChI is InChI=1S/C30H30/c1-5-23-19-27(25-11-7-21(3)8-12-25)15-17-29(23)30-18-16-28(20-24(30)6-2)26-13-9-22(4)10-14-26/h7-20H,5-6H2,1-4H3. The van der Waals surface area contributed by atoms with Gasteiger partial charge in [-0.3, -0.25) is 0 Å². The number of benzene rings is 4. The van der Waals surface area contributed by atoms with Crippen molar-refractivity contribution in [2.24, 2.45) is 0 Å². The molecule has 0 heteroatoms. The van der Waals surface area contributed by atoms with Gasteiger partial charge in [0.15, 0.2) is 0 Å². The third-order valence-electron chi connectivity index (χ3n) is 6.03. The molecule has 4 rings (SSSR count). The van der Waals surface area contributed by atoms with Crippen molar-refractivity contribution >= 4 is 0 Å². The van der Waals surface area contributed by atoms with Crippen molar-refractivity contribution in [1.82, 2.24) is 0 Å². The van der Waals surface area contributed by atoms with E-state index in [4.69, 9.17) is 0 Å². The molecule has 4 aromatic rings. The van der Waals surface area contributed by atoms with Crippen LogP contribution < -0.4 is 0 Å². The topological polar surface area (TPSA) is 0 Å². The highest BCUT2D eigenvalue weighted by molar-refractivity contribution is 5.78. The molecule has 0 fully saturated rings. The summed E-state index contributed by atoms with van der Waals surface area (Å²) < 4.78 is 0. The summed E-state index contributed by atoms with van der Waals surface area (Å²) in [5.74, 6) is 0. The number of hydrogen-bond donors (Lipinski definition) is 0. The number of aryl methyl sites for hydroxylation is 4. The van der Waals surface area contributed by atoms with E-state index >= 15 is 0 Å². The lowest BCUT2D eigenvalue weighted by Gasteiger charge is -2.16. The maximum atomic E-state index is 2.37. The van der Waals surface area contributed by atoms with Crippen LogP contribution in [0.25, 0.3) is 33.4 Å². The Labute approximate surface area is 181 Å². The minimum absolute atomic E-state index is 1.03. The van der Waals surface area contributed by atoms with Crippen LogP contribution in [0.4, 0.5) is 0 Å². The zero-order chi connectivity index (χ0) is 21.1. The van der Waals surface area contributed by atoms with Gasteiger partial charge in [0.2, 0.25) is 0 Å². The molecule has 0 unspecified atom stereocenters. The molecule has 0 saturated carbocycles. The van der Waals surface area contributed by atoms with E-state index in [1.165, 1.54) is 55.6 Å². The third-order valence-corrected chi connectivity index (χ3v) is 6.03. The second-order valence-corrected chi connectivity index (χ2v) is 8.18. The molecule has 0 bridgehead atoms. The molecule has 0 saturated heterocycles. The summed E-state index contributed by atoms with van der Waals surface area (Å²) in [6.07, 6.45) is 2.05. The van der Waals surface area contributed by atoms with E-state index in [-0.39, 0.29) is 0 Å². The molecular weight excluding hydrogens is 360 g/mol. The Hall–Kier alpha value is -3.12. The van der Waals surface area contributed by atoms with Crippen LogP contribution in [0.2, 0.25) is 0 Å². The summed E-state index contributed by atoms with van der Waals surface area (Å²) >= 11 is 0. The minimum atomic E-state index is 1.03. The Morgan fingerprint density at radius 1 is 0.433 bits per heavy atom. The molecule has 0 aliphatic carbocycles. The normalized spacial score (nSPS) is 10.9. The SMILES string of the molecule is CCc1cc(-c2ccc(C)cc2)ccc1-c1ccc(-c2ccc(C)cc2)cc1CC. The summed E-state index contributed by atoms with van der Waals surface area (Å²) in [6.45, 7) is 8.78. The van der Waals surface area contributed by atoms with Crippen LogP contribution in [0.15, 0.2) is 84.9 Å². The first-order chi connectivity index (χ1) is 14.6. The van der Waals surface area contributed by atoms with Crippen LogP contribution in [0.5, 0.6) is 0 Å². The van der Waals surface area contributed by atoms with Crippen LogP contribution >= 0.6 is 0 Å². The first-order valence-corrected chi connectivity index (χ1v) is 11.0. The molecule has 0 nitrogen and oxygen atoms in total. The number of hydrogen-bond acceptors (Lipinski definition) is 0. The molecule has 0 spiro atoms.